The van der Waals surface area contributed by atoms with Crippen LogP contribution in [0, 0.1) is 11.6 Å². The number of halogens is 2. The lowest BCUT2D eigenvalue weighted by Gasteiger charge is -2.18. The van der Waals surface area contributed by atoms with Crippen LogP contribution in [-0.2, 0) is 14.8 Å². The summed E-state index contributed by atoms with van der Waals surface area (Å²) in [6.07, 6.45) is -0.570. The normalized spacial score (nSPS) is 12.8. The van der Waals surface area contributed by atoms with Crippen LogP contribution in [0.5, 0.6) is 0 Å². The molecule has 0 unspecified atom stereocenters. The summed E-state index contributed by atoms with van der Waals surface area (Å²) in [6, 6.07) is 8.30. The number of aliphatic carboxylic acids is 1. The number of benzene rings is 2. The Morgan fingerprint density at radius 1 is 1.09 bits per heavy atom. The van der Waals surface area contributed by atoms with Gasteiger partial charge in [-0.2, -0.15) is 0 Å². The highest BCUT2D eigenvalue weighted by Crippen LogP contribution is 2.22. The summed E-state index contributed by atoms with van der Waals surface area (Å²) >= 11 is 0. The molecule has 0 radical (unpaired) electrons. The molecule has 0 aliphatic rings. The van der Waals surface area contributed by atoms with Gasteiger partial charge in [-0.25, -0.2) is 21.9 Å². The molecular weight excluding hydrogens is 328 g/mol. The molecule has 0 fully saturated rings. The lowest BCUT2D eigenvalue weighted by molar-refractivity contribution is -0.137. The number of carboxylic acid groups (broad SMARTS) is 1. The van der Waals surface area contributed by atoms with Crippen molar-refractivity contribution in [3.8, 4) is 0 Å². The van der Waals surface area contributed by atoms with E-state index in [1.807, 2.05) is 0 Å². The van der Waals surface area contributed by atoms with Gasteiger partial charge >= 0.3 is 5.97 Å². The van der Waals surface area contributed by atoms with E-state index in [1.54, 1.807) is 0 Å². The Bertz CT molecular complexity index is 806. The van der Waals surface area contributed by atoms with Gasteiger partial charge in [0.1, 0.15) is 16.5 Å². The Morgan fingerprint density at radius 2 is 1.70 bits per heavy atom. The summed E-state index contributed by atoms with van der Waals surface area (Å²) in [5, 5.41) is 8.94. The first-order valence-electron chi connectivity index (χ1n) is 6.54. The van der Waals surface area contributed by atoms with Gasteiger partial charge in [-0.1, -0.05) is 24.3 Å². The third-order valence-corrected chi connectivity index (χ3v) is 4.58. The molecule has 1 atom stereocenters. The lowest BCUT2D eigenvalue weighted by atomic mass is 10.1. The van der Waals surface area contributed by atoms with Crippen molar-refractivity contribution in [1.82, 2.24) is 4.72 Å². The molecule has 5 nitrogen and oxygen atoms in total. The van der Waals surface area contributed by atoms with Crippen LogP contribution in [0.3, 0.4) is 0 Å². The van der Waals surface area contributed by atoms with E-state index >= 15 is 0 Å². The second kappa shape index (κ2) is 6.84. The van der Waals surface area contributed by atoms with Gasteiger partial charge in [-0.3, -0.25) is 4.79 Å². The Kier molecular flexibility index (Phi) is 5.07. The molecule has 0 saturated carbocycles. The van der Waals surface area contributed by atoms with Crippen LogP contribution in [0.1, 0.15) is 18.0 Å². The highest BCUT2D eigenvalue weighted by atomic mass is 32.2. The molecule has 0 saturated heterocycles. The molecular formula is C15H13F2NO4S. The predicted octanol–water partition coefficient (Wildman–Crippen LogP) is 2.46. The molecule has 8 heteroatoms. The van der Waals surface area contributed by atoms with Gasteiger partial charge in [0.15, 0.2) is 0 Å². The highest BCUT2D eigenvalue weighted by Gasteiger charge is 2.25. The maximum Gasteiger partial charge on any atom is 0.305 e. The summed E-state index contributed by atoms with van der Waals surface area (Å²) in [4.78, 5) is 10.4. The van der Waals surface area contributed by atoms with E-state index in [9.17, 15) is 22.0 Å². The minimum Gasteiger partial charge on any atom is -0.481 e. The van der Waals surface area contributed by atoms with Crippen molar-refractivity contribution in [2.24, 2.45) is 0 Å². The average molecular weight is 341 g/mol. The first kappa shape index (κ1) is 17.0. The van der Waals surface area contributed by atoms with E-state index in [4.69, 9.17) is 5.11 Å². The summed E-state index contributed by atoms with van der Waals surface area (Å²) < 4.78 is 53.3. The lowest BCUT2D eigenvalue weighted by Crippen LogP contribution is -2.30. The second-order valence-corrected chi connectivity index (χ2v) is 6.44. The molecule has 2 rings (SSSR count). The van der Waals surface area contributed by atoms with E-state index in [0.29, 0.717) is 0 Å². The number of sulfonamides is 1. The molecule has 2 aromatic rings. The number of carboxylic acids is 1. The van der Waals surface area contributed by atoms with Crippen molar-refractivity contribution in [3.63, 3.8) is 0 Å². The summed E-state index contributed by atoms with van der Waals surface area (Å²) in [6.45, 7) is 0. The molecule has 0 aliphatic carbocycles. The maximum absolute atomic E-state index is 13.7. The van der Waals surface area contributed by atoms with Gasteiger partial charge in [0.25, 0.3) is 0 Å². The van der Waals surface area contributed by atoms with E-state index < -0.39 is 45.0 Å². The molecule has 0 amide bonds. The summed E-state index contributed by atoms with van der Waals surface area (Å²) in [5.41, 5.74) is 0.258. The van der Waals surface area contributed by atoms with Crippen LogP contribution in [0.25, 0.3) is 0 Å². The molecule has 0 spiro atoms. The predicted molar refractivity (Wildman–Crippen MR) is 78.1 cm³/mol. The Balaban J connectivity index is 2.36. The molecule has 2 N–H and O–H groups in total. The van der Waals surface area contributed by atoms with Crippen molar-refractivity contribution in [3.05, 3.63) is 65.7 Å². The maximum atomic E-state index is 13.7. The Morgan fingerprint density at radius 3 is 2.26 bits per heavy atom. The molecule has 2 aromatic carbocycles. The number of carbonyl (C=O) groups is 1. The van der Waals surface area contributed by atoms with Crippen LogP contribution in [-0.4, -0.2) is 19.5 Å². The van der Waals surface area contributed by atoms with Gasteiger partial charge < -0.3 is 5.11 Å². The van der Waals surface area contributed by atoms with Crippen LogP contribution in [0.2, 0.25) is 0 Å². The van der Waals surface area contributed by atoms with E-state index in [1.165, 1.54) is 24.3 Å². The fourth-order valence-corrected chi connectivity index (χ4v) is 3.31. The largest absolute Gasteiger partial charge is 0.481 e. The van der Waals surface area contributed by atoms with Gasteiger partial charge in [0, 0.05) is 0 Å². The quantitative estimate of drug-likeness (QED) is 0.845. The summed E-state index contributed by atoms with van der Waals surface area (Å²) in [5.74, 6) is -2.75. The third kappa shape index (κ3) is 4.33. The topological polar surface area (TPSA) is 83.5 Å². The van der Waals surface area contributed by atoms with Gasteiger partial charge in [0.2, 0.25) is 10.0 Å². The van der Waals surface area contributed by atoms with E-state index in [0.717, 1.165) is 24.3 Å². The molecule has 23 heavy (non-hydrogen) atoms. The van der Waals surface area contributed by atoms with Crippen molar-refractivity contribution in [1.29, 1.82) is 0 Å². The van der Waals surface area contributed by atoms with Crippen LogP contribution >= 0.6 is 0 Å². The first-order valence-corrected chi connectivity index (χ1v) is 8.02. The van der Waals surface area contributed by atoms with Crippen LogP contribution < -0.4 is 4.72 Å². The molecule has 0 aliphatic heterocycles. The number of hydrogen-bond donors (Lipinski definition) is 2. The summed E-state index contributed by atoms with van der Waals surface area (Å²) in [7, 11) is -4.28. The molecule has 0 heterocycles. The van der Waals surface area contributed by atoms with Crippen LogP contribution in [0.15, 0.2) is 53.4 Å². The van der Waals surface area contributed by atoms with Gasteiger partial charge in [-0.05, 0) is 29.8 Å². The van der Waals surface area contributed by atoms with Gasteiger partial charge in [0.05, 0.1) is 12.5 Å². The number of rotatable bonds is 6. The zero-order valence-electron chi connectivity index (χ0n) is 11.7. The monoisotopic (exact) mass is 341 g/mol. The highest BCUT2D eigenvalue weighted by molar-refractivity contribution is 7.89. The first-order chi connectivity index (χ1) is 10.8. The van der Waals surface area contributed by atoms with Crippen molar-refractivity contribution in [2.75, 3.05) is 0 Å². The van der Waals surface area contributed by atoms with E-state index in [2.05, 4.69) is 4.72 Å². The molecule has 0 aromatic heterocycles. The minimum atomic E-state index is -4.28. The SMILES string of the molecule is O=C(O)C[C@H](NS(=O)(=O)c1ccccc1F)c1ccc(F)cc1. The van der Waals surface area contributed by atoms with Crippen LogP contribution in [0.4, 0.5) is 8.78 Å². The molecule has 122 valence electrons. The fraction of sp³-hybridized carbons (Fsp3) is 0.133. The van der Waals surface area contributed by atoms with Crippen molar-refractivity contribution in [2.45, 2.75) is 17.4 Å². The average Bonchev–Trinajstić information content (AvgIpc) is 2.47. The molecule has 0 bridgehead atoms. The standard InChI is InChI=1S/C15H13F2NO4S/c16-11-7-5-10(6-8-11)13(9-15(19)20)18-23(21,22)14-4-2-1-3-12(14)17/h1-8,13,18H,9H2,(H,19,20)/t13-/m0/s1. The Hall–Kier alpha value is -2.32. The second-order valence-electron chi connectivity index (χ2n) is 4.75. The Labute approximate surface area is 131 Å². The van der Waals surface area contributed by atoms with E-state index in [-0.39, 0.29) is 5.56 Å². The fourth-order valence-electron chi connectivity index (χ4n) is 2.01. The van der Waals surface area contributed by atoms with Crippen molar-refractivity contribution < 1.29 is 27.1 Å². The number of hydrogen-bond acceptors (Lipinski definition) is 3. The third-order valence-electron chi connectivity index (χ3n) is 3.07. The van der Waals surface area contributed by atoms with Crippen molar-refractivity contribution >= 4 is 16.0 Å². The zero-order valence-corrected chi connectivity index (χ0v) is 12.6. The zero-order chi connectivity index (χ0) is 17.0. The smallest absolute Gasteiger partial charge is 0.305 e. The number of nitrogens with one attached hydrogen (secondary N) is 1. The minimum absolute atomic E-state index is 0.258. The van der Waals surface area contributed by atoms with Gasteiger partial charge in [-0.15, -0.1) is 0 Å².